The number of benzene rings is 1. The van der Waals surface area contributed by atoms with Crippen LogP contribution in [0.1, 0.15) is 30.9 Å². The molecule has 4 nitrogen and oxygen atoms in total. The number of halogens is 1. The van der Waals surface area contributed by atoms with Crippen molar-refractivity contribution in [3.63, 3.8) is 0 Å². The van der Waals surface area contributed by atoms with Crippen molar-refractivity contribution < 1.29 is 14.2 Å². The first-order valence-electron chi connectivity index (χ1n) is 8.27. The number of imidazole rings is 1. The molecule has 1 aromatic heterocycles. The fourth-order valence-corrected chi connectivity index (χ4v) is 4.89. The third kappa shape index (κ3) is 1.75. The molecule has 5 heteroatoms. The number of fused-ring (bicyclic) bond motifs is 3. The van der Waals surface area contributed by atoms with Crippen molar-refractivity contribution in [2.45, 2.75) is 31.4 Å². The SMILES string of the molecule is O[C@@H]1[C@@H]([C@H]2c3ccc(F)cc3-c3cncn32)CC12CCOCC2. The smallest absolute Gasteiger partial charge is 0.123 e. The number of hydrogen-bond acceptors (Lipinski definition) is 3. The molecule has 1 aromatic carbocycles. The molecule has 1 spiro atoms. The molecule has 0 radical (unpaired) electrons. The molecule has 1 N–H and O–H groups in total. The van der Waals surface area contributed by atoms with E-state index in [2.05, 4.69) is 9.55 Å². The van der Waals surface area contributed by atoms with Crippen LogP contribution in [-0.4, -0.2) is 34.0 Å². The Balaban J connectivity index is 1.53. The summed E-state index contributed by atoms with van der Waals surface area (Å²) in [5.74, 6) is -0.0695. The average Bonchev–Trinajstić information content (AvgIpc) is 3.15. The second kappa shape index (κ2) is 4.65. The van der Waals surface area contributed by atoms with Gasteiger partial charge in [0, 0.05) is 30.1 Å². The van der Waals surface area contributed by atoms with E-state index < -0.39 is 0 Å². The van der Waals surface area contributed by atoms with Crippen LogP contribution in [-0.2, 0) is 4.74 Å². The zero-order valence-corrected chi connectivity index (χ0v) is 12.8. The second-order valence-corrected chi connectivity index (χ2v) is 7.15. The zero-order valence-electron chi connectivity index (χ0n) is 12.8. The van der Waals surface area contributed by atoms with E-state index in [-0.39, 0.29) is 29.3 Å². The lowest BCUT2D eigenvalue weighted by molar-refractivity contribution is -0.173. The normalized spacial score (nSPS) is 30.8. The van der Waals surface area contributed by atoms with Gasteiger partial charge in [-0.2, -0.15) is 0 Å². The van der Waals surface area contributed by atoms with Gasteiger partial charge in [0.2, 0.25) is 0 Å². The van der Waals surface area contributed by atoms with Crippen molar-refractivity contribution in [2.75, 3.05) is 13.2 Å². The van der Waals surface area contributed by atoms with Crippen LogP contribution in [0.25, 0.3) is 11.3 Å². The molecule has 2 aromatic rings. The quantitative estimate of drug-likeness (QED) is 0.880. The first kappa shape index (κ1) is 13.7. The fraction of sp³-hybridized carbons (Fsp3) is 0.500. The molecule has 5 rings (SSSR count). The Hall–Kier alpha value is -1.72. The lowest BCUT2D eigenvalue weighted by atomic mass is 9.53. The van der Waals surface area contributed by atoms with Crippen LogP contribution in [0.15, 0.2) is 30.7 Å². The first-order valence-corrected chi connectivity index (χ1v) is 8.27. The van der Waals surface area contributed by atoms with Crippen LogP contribution in [0.3, 0.4) is 0 Å². The molecule has 1 saturated heterocycles. The summed E-state index contributed by atoms with van der Waals surface area (Å²) in [4.78, 5) is 4.23. The molecule has 3 atom stereocenters. The molecule has 0 amide bonds. The van der Waals surface area contributed by atoms with E-state index in [1.807, 2.05) is 6.07 Å². The number of aliphatic hydroxyl groups excluding tert-OH is 1. The van der Waals surface area contributed by atoms with Crippen molar-refractivity contribution >= 4 is 0 Å². The van der Waals surface area contributed by atoms with Gasteiger partial charge in [0.1, 0.15) is 5.82 Å². The Morgan fingerprint density at radius 1 is 1.30 bits per heavy atom. The molecular weight excluding hydrogens is 295 g/mol. The largest absolute Gasteiger partial charge is 0.392 e. The third-order valence-electron chi connectivity index (χ3n) is 6.15. The summed E-state index contributed by atoms with van der Waals surface area (Å²) in [6.07, 6.45) is 6.13. The molecule has 0 unspecified atom stereocenters. The van der Waals surface area contributed by atoms with Gasteiger partial charge >= 0.3 is 0 Å². The summed E-state index contributed by atoms with van der Waals surface area (Å²) in [7, 11) is 0. The minimum atomic E-state index is -0.331. The number of ether oxygens (including phenoxy) is 1. The number of nitrogens with zero attached hydrogens (tertiary/aromatic N) is 2. The lowest BCUT2D eigenvalue weighted by Gasteiger charge is -2.56. The van der Waals surface area contributed by atoms with Crippen LogP contribution in [0.2, 0.25) is 0 Å². The topological polar surface area (TPSA) is 47.3 Å². The maximum Gasteiger partial charge on any atom is 0.123 e. The summed E-state index contributed by atoms with van der Waals surface area (Å²) in [6, 6.07) is 5.02. The summed E-state index contributed by atoms with van der Waals surface area (Å²) in [5, 5.41) is 10.9. The predicted octanol–water partition coefficient (Wildman–Crippen LogP) is 2.77. The molecule has 2 aliphatic heterocycles. The zero-order chi connectivity index (χ0) is 15.6. The van der Waals surface area contributed by atoms with E-state index in [0.717, 1.165) is 49.3 Å². The highest BCUT2D eigenvalue weighted by Crippen LogP contribution is 2.59. The van der Waals surface area contributed by atoms with Gasteiger partial charge in [-0.25, -0.2) is 9.37 Å². The van der Waals surface area contributed by atoms with Gasteiger partial charge in [-0.05, 0) is 37.0 Å². The molecule has 1 aliphatic carbocycles. The second-order valence-electron chi connectivity index (χ2n) is 7.15. The highest BCUT2D eigenvalue weighted by Gasteiger charge is 2.57. The number of aromatic nitrogens is 2. The first-order chi connectivity index (χ1) is 11.2. The molecule has 23 heavy (non-hydrogen) atoms. The van der Waals surface area contributed by atoms with Gasteiger partial charge in [-0.15, -0.1) is 0 Å². The number of rotatable bonds is 1. The van der Waals surface area contributed by atoms with E-state index in [1.54, 1.807) is 18.6 Å². The van der Waals surface area contributed by atoms with Crippen molar-refractivity contribution in [3.8, 4) is 11.3 Å². The molecular formula is C18H19FN2O2. The minimum absolute atomic E-state index is 0.0203. The van der Waals surface area contributed by atoms with E-state index in [9.17, 15) is 9.50 Å². The van der Waals surface area contributed by atoms with E-state index in [1.165, 1.54) is 6.07 Å². The molecule has 3 heterocycles. The predicted molar refractivity (Wildman–Crippen MR) is 82.4 cm³/mol. The van der Waals surface area contributed by atoms with Gasteiger partial charge in [-0.3, -0.25) is 0 Å². The summed E-state index contributed by atoms with van der Waals surface area (Å²) in [6.45, 7) is 1.49. The van der Waals surface area contributed by atoms with Crippen LogP contribution >= 0.6 is 0 Å². The Bertz CT molecular complexity index is 766. The molecule has 1 saturated carbocycles. The van der Waals surface area contributed by atoms with Gasteiger partial charge in [-0.1, -0.05) is 6.07 Å². The highest BCUT2D eigenvalue weighted by molar-refractivity contribution is 5.69. The van der Waals surface area contributed by atoms with Crippen molar-refractivity contribution in [3.05, 3.63) is 42.1 Å². The summed E-state index contributed by atoms with van der Waals surface area (Å²) < 4.78 is 21.2. The molecule has 2 fully saturated rings. The van der Waals surface area contributed by atoms with Crippen molar-refractivity contribution in [1.29, 1.82) is 0 Å². The Labute approximate surface area is 133 Å². The Morgan fingerprint density at radius 2 is 2.13 bits per heavy atom. The van der Waals surface area contributed by atoms with Crippen LogP contribution in [0.4, 0.5) is 4.39 Å². The standard InChI is InChI=1S/C18H19FN2O2/c19-11-1-2-12-13(7-11)15-9-20-10-21(15)16(12)14-8-18(17(14)22)3-5-23-6-4-18/h1-2,7,9-10,14,16-17,22H,3-6,8H2/t14-,16-,17-/m1/s1. The number of aliphatic hydroxyl groups is 1. The highest BCUT2D eigenvalue weighted by atomic mass is 19.1. The van der Waals surface area contributed by atoms with Crippen molar-refractivity contribution in [2.24, 2.45) is 11.3 Å². The monoisotopic (exact) mass is 314 g/mol. The Morgan fingerprint density at radius 3 is 2.91 bits per heavy atom. The Kier molecular flexibility index (Phi) is 2.77. The summed E-state index contributed by atoms with van der Waals surface area (Å²) >= 11 is 0. The maximum atomic E-state index is 13.7. The van der Waals surface area contributed by atoms with Crippen LogP contribution in [0, 0.1) is 17.2 Å². The summed E-state index contributed by atoms with van der Waals surface area (Å²) in [5.41, 5.74) is 2.99. The van der Waals surface area contributed by atoms with Gasteiger partial charge in [0.15, 0.2) is 0 Å². The van der Waals surface area contributed by atoms with Crippen LogP contribution in [0.5, 0.6) is 0 Å². The lowest BCUT2D eigenvalue weighted by Crippen LogP contribution is -2.57. The number of hydrogen-bond donors (Lipinski definition) is 1. The molecule has 3 aliphatic rings. The van der Waals surface area contributed by atoms with Gasteiger partial charge < -0.3 is 14.4 Å². The fourth-order valence-electron chi connectivity index (χ4n) is 4.89. The molecule has 120 valence electrons. The minimum Gasteiger partial charge on any atom is -0.392 e. The van der Waals surface area contributed by atoms with Crippen molar-refractivity contribution in [1.82, 2.24) is 9.55 Å². The maximum absolute atomic E-state index is 13.7. The van der Waals surface area contributed by atoms with E-state index in [0.29, 0.717) is 0 Å². The van der Waals surface area contributed by atoms with Crippen LogP contribution < -0.4 is 0 Å². The van der Waals surface area contributed by atoms with E-state index in [4.69, 9.17) is 4.74 Å². The average molecular weight is 314 g/mol. The van der Waals surface area contributed by atoms with Gasteiger partial charge in [0.25, 0.3) is 0 Å². The molecule has 0 bridgehead atoms. The van der Waals surface area contributed by atoms with E-state index >= 15 is 0 Å². The van der Waals surface area contributed by atoms with Gasteiger partial charge in [0.05, 0.1) is 30.4 Å². The third-order valence-corrected chi connectivity index (χ3v) is 6.15.